The molecule has 0 spiro atoms. The van der Waals surface area contributed by atoms with Gasteiger partial charge in [0.2, 0.25) is 0 Å². The van der Waals surface area contributed by atoms with Crippen molar-refractivity contribution in [3.63, 3.8) is 0 Å². The Morgan fingerprint density at radius 2 is 1.89 bits per heavy atom. The van der Waals surface area contributed by atoms with Gasteiger partial charge in [-0.1, -0.05) is 11.6 Å². The number of nitrogens with one attached hydrogen (secondary N) is 1. The van der Waals surface area contributed by atoms with Gasteiger partial charge in [0.25, 0.3) is 5.91 Å². The minimum absolute atomic E-state index is 0.0571. The molecule has 2 N–H and O–H groups in total. The summed E-state index contributed by atoms with van der Waals surface area (Å²) >= 11 is 5.86. The van der Waals surface area contributed by atoms with E-state index in [9.17, 15) is 9.90 Å². The lowest BCUT2D eigenvalue weighted by atomic mass is 10.2. The zero-order chi connectivity index (χ0) is 12.7. The lowest BCUT2D eigenvalue weighted by Gasteiger charge is -2.07. The number of rotatable bonds is 0. The highest BCUT2D eigenvalue weighted by atomic mass is 35.5. The molecule has 0 aromatic heterocycles. The number of phenolic OH excluding ortho intramolecular Hbond substituents is 1. The van der Waals surface area contributed by atoms with Gasteiger partial charge in [0.1, 0.15) is 11.5 Å². The van der Waals surface area contributed by atoms with E-state index >= 15 is 0 Å². The van der Waals surface area contributed by atoms with Crippen LogP contribution in [0.2, 0.25) is 5.02 Å². The van der Waals surface area contributed by atoms with Gasteiger partial charge in [-0.25, -0.2) is 0 Å². The van der Waals surface area contributed by atoms with Crippen molar-refractivity contribution in [2.75, 3.05) is 5.32 Å². The van der Waals surface area contributed by atoms with Gasteiger partial charge >= 0.3 is 0 Å². The molecule has 0 saturated heterocycles. The number of amides is 1. The zero-order valence-electron chi connectivity index (χ0n) is 9.11. The molecule has 90 valence electrons. The smallest absolute Gasteiger partial charge is 0.259 e. The molecule has 0 fully saturated rings. The van der Waals surface area contributed by atoms with Crippen LogP contribution < -0.4 is 10.1 Å². The van der Waals surface area contributed by atoms with E-state index in [1.807, 2.05) is 0 Å². The predicted molar refractivity (Wildman–Crippen MR) is 67.6 cm³/mol. The van der Waals surface area contributed by atoms with Crippen molar-refractivity contribution in [1.29, 1.82) is 0 Å². The summed E-state index contributed by atoms with van der Waals surface area (Å²) in [6.07, 6.45) is 0. The second-order valence-electron chi connectivity index (χ2n) is 3.88. The normalized spacial score (nSPS) is 12.8. The van der Waals surface area contributed by atoms with Crippen molar-refractivity contribution in [1.82, 2.24) is 0 Å². The summed E-state index contributed by atoms with van der Waals surface area (Å²) in [5.74, 6) is 0.641. The van der Waals surface area contributed by atoms with Crippen LogP contribution in [0.1, 0.15) is 10.4 Å². The first-order chi connectivity index (χ1) is 8.63. The van der Waals surface area contributed by atoms with Gasteiger partial charge in [-0.2, -0.15) is 0 Å². The second-order valence-corrected chi connectivity index (χ2v) is 4.31. The average Bonchev–Trinajstić information content (AvgIpc) is 2.46. The Labute approximate surface area is 108 Å². The van der Waals surface area contributed by atoms with Crippen LogP contribution >= 0.6 is 11.6 Å². The summed E-state index contributed by atoms with van der Waals surface area (Å²) in [6, 6.07) is 9.34. The monoisotopic (exact) mass is 261 g/mol. The van der Waals surface area contributed by atoms with Crippen molar-refractivity contribution in [3.8, 4) is 17.2 Å². The van der Waals surface area contributed by atoms with E-state index in [4.69, 9.17) is 16.3 Å². The Kier molecular flexibility index (Phi) is 2.38. The van der Waals surface area contributed by atoms with Crippen molar-refractivity contribution in [3.05, 3.63) is 47.0 Å². The maximum absolute atomic E-state index is 12.0. The number of halogens is 1. The van der Waals surface area contributed by atoms with Gasteiger partial charge in [0.05, 0.1) is 11.3 Å². The van der Waals surface area contributed by atoms with Crippen LogP contribution in [0.5, 0.6) is 17.2 Å². The molecule has 0 radical (unpaired) electrons. The first-order valence-corrected chi connectivity index (χ1v) is 5.63. The molecule has 1 aliphatic rings. The first-order valence-electron chi connectivity index (χ1n) is 5.25. The number of hydrogen-bond donors (Lipinski definition) is 2. The van der Waals surface area contributed by atoms with Crippen molar-refractivity contribution < 1.29 is 14.6 Å². The second kappa shape index (κ2) is 3.92. The van der Waals surface area contributed by atoms with Crippen LogP contribution in [0.15, 0.2) is 36.4 Å². The standard InChI is InChI=1S/C13H8ClNO3/c14-7-1-3-11-9(5-7)13(17)15-10-6-8(16)2-4-12(10)18-11/h1-6,16H,(H,15,17). The SMILES string of the molecule is O=C1Nc2cc(O)ccc2Oc2ccc(Cl)cc21. The summed E-state index contributed by atoms with van der Waals surface area (Å²) in [6.45, 7) is 0. The maximum Gasteiger partial charge on any atom is 0.259 e. The topological polar surface area (TPSA) is 58.6 Å². The van der Waals surface area contributed by atoms with Gasteiger partial charge in [0.15, 0.2) is 5.75 Å². The predicted octanol–water partition coefficient (Wildman–Crippen LogP) is 3.40. The van der Waals surface area contributed by atoms with Gasteiger partial charge in [-0.05, 0) is 30.3 Å². The Hall–Kier alpha value is -2.20. The molecule has 4 nitrogen and oxygen atoms in total. The van der Waals surface area contributed by atoms with E-state index in [1.165, 1.54) is 18.2 Å². The maximum atomic E-state index is 12.0. The van der Waals surface area contributed by atoms with Gasteiger partial charge < -0.3 is 15.2 Å². The number of anilines is 1. The van der Waals surface area contributed by atoms with Gasteiger partial charge in [-0.3, -0.25) is 4.79 Å². The van der Waals surface area contributed by atoms with Crippen molar-refractivity contribution in [2.45, 2.75) is 0 Å². The Bertz CT molecular complexity index is 655. The number of carbonyl (C=O) groups excluding carboxylic acids is 1. The fraction of sp³-hybridized carbons (Fsp3) is 0. The van der Waals surface area contributed by atoms with Gasteiger partial charge in [0, 0.05) is 11.1 Å². The van der Waals surface area contributed by atoms with E-state index < -0.39 is 0 Å². The van der Waals surface area contributed by atoms with Crippen LogP contribution in [-0.4, -0.2) is 11.0 Å². The number of hydrogen-bond acceptors (Lipinski definition) is 3. The molecular formula is C13H8ClNO3. The van der Waals surface area contributed by atoms with Crippen molar-refractivity contribution in [2.24, 2.45) is 0 Å². The molecule has 1 aliphatic heterocycles. The lowest BCUT2D eigenvalue weighted by Crippen LogP contribution is -2.10. The fourth-order valence-corrected chi connectivity index (χ4v) is 1.95. The highest BCUT2D eigenvalue weighted by Crippen LogP contribution is 2.38. The minimum Gasteiger partial charge on any atom is -0.508 e. The number of aromatic hydroxyl groups is 1. The number of carbonyl (C=O) groups is 1. The third-order valence-electron chi connectivity index (χ3n) is 2.62. The van der Waals surface area contributed by atoms with Crippen LogP contribution in [0.4, 0.5) is 5.69 Å². The van der Waals surface area contributed by atoms with Crippen LogP contribution in [-0.2, 0) is 0 Å². The van der Waals surface area contributed by atoms with Crippen LogP contribution in [0.3, 0.4) is 0 Å². The molecule has 18 heavy (non-hydrogen) atoms. The lowest BCUT2D eigenvalue weighted by molar-refractivity contribution is 0.102. The van der Waals surface area contributed by atoms with E-state index in [0.29, 0.717) is 27.8 Å². The Morgan fingerprint density at radius 1 is 1.11 bits per heavy atom. The molecule has 0 bridgehead atoms. The molecule has 5 heteroatoms. The quantitative estimate of drug-likeness (QED) is 0.764. The fourth-order valence-electron chi connectivity index (χ4n) is 1.78. The molecule has 0 atom stereocenters. The third-order valence-corrected chi connectivity index (χ3v) is 2.85. The molecule has 2 aromatic carbocycles. The van der Waals surface area contributed by atoms with Crippen LogP contribution in [0.25, 0.3) is 0 Å². The summed E-state index contributed by atoms with van der Waals surface area (Å²) in [4.78, 5) is 12.0. The molecule has 0 aliphatic carbocycles. The molecule has 0 unspecified atom stereocenters. The highest BCUT2D eigenvalue weighted by Gasteiger charge is 2.21. The minimum atomic E-state index is -0.322. The summed E-state index contributed by atoms with van der Waals surface area (Å²) in [5, 5.41) is 12.5. The first kappa shape index (κ1) is 10.9. The summed E-state index contributed by atoms with van der Waals surface area (Å²) in [5.41, 5.74) is 0.783. The molecular weight excluding hydrogens is 254 g/mol. The number of benzene rings is 2. The van der Waals surface area contributed by atoms with E-state index in [0.717, 1.165) is 0 Å². The Balaban J connectivity index is 2.16. The number of fused-ring (bicyclic) bond motifs is 2. The third kappa shape index (κ3) is 1.76. The summed E-state index contributed by atoms with van der Waals surface area (Å²) in [7, 11) is 0. The largest absolute Gasteiger partial charge is 0.508 e. The van der Waals surface area contributed by atoms with E-state index in [1.54, 1.807) is 18.2 Å². The Morgan fingerprint density at radius 3 is 2.72 bits per heavy atom. The highest BCUT2D eigenvalue weighted by molar-refractivity contribution is 6.31. The molecule has 1 heterocycles. The molecule has 2 aromatic rings. The number of ether oxygens (including phenoxy) is 1. The zero-order valence-corrected chi connectivity index (χ0v) is 9.86. The molecule has 0 saturated carbocycles. The van der Waals surface area contributed by atoms with Crippen LogP contribution in [0, 0.1) is 0 Å². The molecule has 1 amide bonds. The average molecular weight is 262 g/mol. The van der Waals surface area contributed by atoms with Crippen molar-refractivity contribution >= 4 is 23.2 Å². The van der Waals surface area contributed by atoms with E-state index in [-0.39, 0.29) is 11.7 Å². The number of phenols is 1. The summed E-state index contributed by atoms with van der Waals surface area (Å²) < 4.78 is 5.63. The van der Waals surface area contributed by atoms with Gasteiger partial charge in [-0.15, -0.1) is 0 Å². The van der Waals surface area contributed by atoms with E-state index in [2.05, 4.69) is 5.32 Å². The molecule has 3 rings (SSSR count).